The monoisotopic (exact) mass is 241 g/mol. The van der Waals surface area contributed by atoms with Crippen molar-refractivity contribution < 1.29 is 9.59 Å². The van der Waals surface area contributed by atoms with Crippen LogP contribution in [0, 0.1) is 0 Å². The van der Waals surface area contributed by atoms with Gasteiger partial charge in [-0.2, -0.15) is 0 Å². The van der Waals surface area contributed by atoms with Crippen LogP contribution >= 0.6 is 0 Å². The van der Waals surface area contributed by atoms with E-state index in [0.717, 1.165) is 25.8 Å². The highest BCUT2D eigenvalue weighted by atomic mass is 16.2. The average molecular weight is 241 g/mol. The molecule has 1 saturated heterocycles. The van der Waals surface area contributed by atoms with Crippen molar-refractivity contribution in [1.29, 1.82) is 0 Å². The second kappa shape index (κ2) is 5.49. The van der Waals surface area contributed by atoms with Crippen LogP contribution < -0.4 is 11.1 Å². The number of carbonyl (C=O) groups excluding carboxylic acids is 2. The third-order valence-electron chi connectivity index (χ3n) is 3.30. The normalized spacial score (nSPS) is 24.7. The van der Waals surface area contributed by atoms with Gasteiger partial charge in [0.25, 0.3) is 0 Å². The van der Waals surface area contributed by atoms with Gasteiger partial charge in [0.1, 0.15) is 0 Å². The lowest BCUT2D eigenvalue weighted by atomic mass is 9.89. The lowest BCUT2D eigenvalue weighted by Gasteiger charge is -2.39. The quantitative estimate of drug-likeness (QED) is 0.740. The molecule has 5 heteroatoms. The molecule has 1 heterocycles. The van der Waals surface area contributed by atoms with Crippen LogP contribution in [0.5, 0.6) is 0 Å². The second-order valence-corrected chi connectivity index (χ2v) is 5.21. The topological polar surface area (TPSA) is 75.4 Å². The molecule has 0 aromatic carbocycles. The van der Waals surface area contributed by atoms with Gasteiger partial charge >= 0.3 is 0 Å². The zero-order valence-corrected chi connectivity index (χ0v) is 11.0. The van der Waals surface area contributed by atoms with Crippen LogP contribution in [-0.2, 0) is 9.59 Å². The third kappa shape index (κ3) is 3.43. The Bertz CT molecular complexity index is 296. The standard InChI is InChI=1S/C12H23N3O2/c1-9(2)15(8-10(13)16)11(17)12(3)6-4-5-7-14-12/h9,14H,4-8H2,1-3H3,(H2,13,16). The fraction of sp³-hybridized carbons (Fsp3) is 0.833. The Labute approximate surface area is 103 Å². The first-order chi connectivity index (χ1) is 7.87. The molecule has 0 bridgehead atoms. The molecule has 5 nitrogen and oxygen atoms in total. The molecule has 0 aromatic rings. The van der Waals surface area contributed by atoms with Crippen molar-refractivity contribution in [3.63, 3.8) is 0 Å². The number of nitrogens with zero attached hydrogens (tertiary/aromatic N) is 1. The maximum atomic E-state index is 12.5. The number of carbonyl (C=O) groups is 2. The van der Waals surface area contributed by atoms with Gasteiger partial charge in [0.15, 0.2) is 0 Å². The Morgan fingerprint density at radius 3 is 2.47 bits per heavy atom. The first-order valence-electron chi connectivity index (χ1n) is 6.21. The molecule has 1 aliphatic heterocycles. The van der Waals surface area contributed by atoms with E-state index in [9.17, 15) is 9.59 Å². The van der Waals surface area contributed by atoms with Gasteiger partial charge in [0.05, 0.1) is 12.1 Å². The molecule has 0 aliphatic carbocycles. The van der Waals surface area contributed by atoms with Crippen LogP contribution in [0.1, 0.15) is 40.0 Å². The predicted molar refractivity (Wildman–Crippen MR) is 66.3 cm³/mol. The Morgan fingerprint density at radius 1 is 1.41 bits per heavy atom. The number of hydrogen-bond donors (Lipinski definition) is 2. The molecule has 98 valence electrons. The summed E-state index contributed by atoms with van der Waals surface area (Å²) in [5.74, 6) is -0.488. The van der Waals surface area contributed by atoms with Crippen molar-refractivity contribution >= 4 is 11.8 Å². The van der Waals surface area contributed by atoms with Gasteiger partial charge in [-0.1, -0.05) is 0 Å². The van der Waals surface area contributed by atoms with Crippen LogP contribution in [-0.4, -0.2) is 41.4 Å². The molecule has 1 rings (SSSR count). The highest BCUT2D eigenvalue weighted by Gasteiger charge is 2.38. The summed E-state index contributed by atoms with van der Waals surface area (Å²) in [4.78, 5) is 25.0. The first kappa shape index (κ1) is 14.0. The maximum absolute atomic E-state index is 12.5. The zero-order chi connectivity index (χ0) is 13.1. The van der Waals surface area contributed by atoms with Gasteiger partial charge in [0, 0.05) is 6.04 Å². The molecule has 2 amide bonds. The summed E-state index contributed by atoms with van der Waals surface area (Å²) in [5, 5.41) is 3.26. The molecule has 1 unspecified atom stereocenters. The fourth-order valence-corrected chi connectivity index (χ4v) is 2.21. The van der Waals surface area contributed by atoms with E-state index in [4.69, 9.17) is 5.73 Å². The van der Waals surface area contributed by atoms with Crippen molar-refractivity contribution in [2.45, 2.75) is 51.6 Å². The smallest absolute Gasteiger partial charge is 0.243 e. The SMILES string of the molecule is CC(C)N(CC(N)=O)C(=O)C1(C)CCCCN1. The number of primary amides is 1. The van der Waals surface area contributed by atoms with E-state index in [1.165, 1.54) is 0 Å². The number of nitrogens with one attached hydrogen (secondary N) is 1. The lowest BCUT2D eigenvalue weighted by Crippen LogP contribution is -2.60. The van der Waals surface area contributed by atoms with E-state index >= 15 is 0 Å². The Hall–Kier alpha value is -1.10. The summed E-state index contributed by atoms with van der Waals surface area (Å²) < 4.78 is 0. The Kier molecular flexibility index (Phi) is 4.51. The summed E-state index contributed by atoms with van der Waals surface area (Å²) in [6.07, 6.45) is 2.95. The number of amides is 2. The predicted octanol–water partition coefficient (Wildman–Crippen LogP) is 0.241. The Balaban J connectivity index is 2.79. The third-order valence-corrected chi connectivity index (χ3v) is 3.30. The molecule has 0 aromatic heterocycles. The minimum absolute atomic E-state index is 0.00618. The molecular formula is C12H23N3O2. The van der Waals surface area contributed by atoms with E-state index < -0.39 is 11.4 Å². The molecule has 0 radical (unpaired) electrons. The summed E-state index contributed by atoms with van der Waals surface area (Å²) in [7, 11) is 0. The molecule has 0 saturated carbocycles. The van der Waals surface area contributed by atoms with E-state index in [0.29, 0.717) is 0 Å². The molecule has 1 aliphatic rings. The second-order valence-electron chi connectivity index (χ2n) is 5.21. The van der Waals surface area contributed by atoms with Crippen LogP contribution in [0.15, 0.2) is 0 Å². The minimum Gasteiger partial charge on any atom is -0.368 e. The molecule has 17 heavy (non-hydrogen) atoms. The molecule has 1 fully saturated rings. The van der Waals surface area contributed by atoms with Crippen molar-refractivity contribution in [3.05, 3.63) is 0 Å². The first-order valence-corrected chi connectivity index (χ1v) is 6.21. The largest absolute Gasteiger partial charge is 0.368 e. The van der Waals surface area contributed by atoms with Gasteiger partial charge in [-0.15, -0.1) is 0 Å². The van der Waals surface area contributed by atoms with E-state index in [-0.39, 0.29) is 18.5 Å². The van der Waals surface area contributed by atoms with E-state index in [1.807, 2.05) is 20.8 Å². The van der Waals surface area contributed by atoms with Crippen LogP contribution in [0.3, 0.4) is 0 Å². The van der Waals surface area contributed by atoms with E-state index in [2.05, 4.69) is 5.32 Å². The summed E-state index contributed by atoms with van der Waals surface area (Å²) >= 11 is 0. The average Bonchev–Trinajstić information content (AvgIpc) is 2.25. The fourth-order valence-electron chi connectivity index (χ4n) is 2.21. The minimum atomic E-state index is -0.544. The van der Waals surface area contributed by atoms with Crippen molar-refractivity contribution in [2.75, 3.05) is 13.1 Å². The molecule has 3 N–H and O–H groups in total. The Morgan fingerprint density at radius 2 is 2.06 bits per heavy atom. The van der Waals surface area contributed by atoms with Crippen molar-refractivity contribution in [1.82, 2.24) is 10.2 Å². The molecular weight excluding hydrogens is 218 g/mol. The van der Waals surface area contributed by atoms with Gasteiger partial charge < -0.3 is 16.0 Å². The number of piperidine rings is 1. The van der Waals surface area contributed by atoms with Crippen LogP contribution in [0.2, 0.25) is 0 Å². The number of nitrogens with two attached hydrogens (primary N) is 1. The highest BCUT2D eigenvalue weighted by Crippen LogP contribution is 2.22. The van der Waals surface area contributed by atoms with Gasteiger partial charge in [-0.3, -0.25) is 9.59 Å². The maximum Gasteiger partial charge on any atom is 0.243 e. The van der Waals surface area contributed by atoms with Crippen molar-refractivity contribution in [2.24, 2.45) is 5.73 Å². The summed E-state index contributed by atoms with van der Waals surface area (Å²) in [5.41, 5.74) is 4.64. The molecule has 0 spiro atoms. The van der Waals surface area contributed by atoms with Crippen LogP contribution in [0.4, 0.5) is 0 Å². The summed E-state index contributed by atoms with van der Waals surface area (Å²) in [6, 6.07) is -0.0180. The van der Waals surface area contributed by atoms with Crippen LogP contribution in [0.25, 0.3) is 0 Å². The lowest BCUT2D eigenvalue weighted by molar-refractivity contribution is -0.143. The van der Waals surface area contributed by atoms with Gasteiger partial charge in [0.2, 0.25) is 11.8 Å². The van der Waals surface area contributed by atoms with Gasteiger partial charge in [-0.05, 0) is 46.6 Å². The van der Waals surface area contributed by atoms with Crippen molar-refractivity contribution in [3.8, 4) is 0 Å². The summed E-state index contributed by atoms with van der Waals surface area (Å²) in [6.45, 7) is 6.55. The zero-order valence-electron chi connectivity index (χ0n) is 11.0. The highest BCUT2D eigenvalue weighted by molar-refractivity contribution is 5.90. The number of rotatable bonds is 4. The molecule has 1 atom stereocenters. The van der Waals surface area contributed by atoms with E-state index in [1.54, 1.807) is 4.90 Å². The van der Waals surface area contributed by atoms with Gasteiger partial charge in [-0.25, -0.2) is 0 Å². The number of hydrogen-bond acceptors (Lipinski definition) is 3.